The highest BCUT2D eigenvalue weighted by molar-refractivity contribution is 8.00. The third-order valence-corrected chi connectivity index (χ3v) is 5.20. The molecule has 0 amide bonds. The average molecular weight is 294 g/mol. The molecule has 4 heteroatoms. The van der Waals surface area contributed by atoms with Crippen molar-refractivity contribution in [2.75, 3.05) is 11.6 Å². The third-order valence-electron chi connectivity index (χ3n) is 3.20. The highest BCUT2D eigenvalue weighted by Crippen LogP contribution is 2.30. The minimum Gasteiger partial charge on any atom is -0.383 e. The monoisotopic (exact) mass is 294 g/mol. The van der Waals surface area contributed by atoms with Gasteiger partial charge in [0.15, 0.2) is 4.34 Å². The maximum Gasteiger partial charge on any atom is 0.150 e. The molecule has 1 heterocycles. The predicted molar refractivity (Wildman–Crippen MR) is 88.6 cm³/mol. The Morgan fingerprint density at radius 1 is 1.37 bits per heavy atom. The number of benzene rings is 1. The molecule has 0 fully saturated rings. The molecule has 1 N–H and O–H groups in total. The number of hydrogen-bond acceptors (Lipinski definition) is 4. The fourth-order valence-corrected chi connectivity index (χ4v) is 3.67. The fraction of sp³-hybridized carbons (Fsp3) is 0.533. The Morgan fingerprint density at radius 2 is 2.21 bits per heavy atom. The molecule has 2 nitrogen and oxygen atoms in total. The van der Waals surface area contributed by atoms with Crippen LogP contribution in [0.5, 0.6) is 0 Å². The number of unbranched alkanes of at least 4 members (excludes halogenated alkanes) is 2. The summed E-state index contributed by atoms with van der Waals surface area (Å²) in [6.45, 7) is 4.51. The van der Waals surface area contributed by atoms with Gasteiger partial charge in [-0.1, -0.05) is 37.9 Å². The molecule has 2 aromatic rings. The summed E-state index contributed by atoms with van der Waals surface area (Å²) >= 11 is 3.49. The van der Waals surface area contributed by atoms with E-state index in [2.05, 4.69) is 48.6 Å². The van der Waals surface area contributed by atoms with Gasteiger partial charge in [0.2, 0.25) is 0 Å². The van der Waals surface area contributed by atoms with Crippen LogP contribution < -0.4 is 5.32 Å². The largest absolute Gasteiger partial charge is 0.383 e. The van der Waals surface area contributed by atoms with E-state index in [9.17, 15) is 0 Å². The Bertz CT molecular complexity index is 522. The first-order valence-corrected chi connectivity index (χ1v) is 8.98. The Hall–Kier alpha value is -0.740. The van der Waals surface area contributed by atoms with Crippen molar-refractivity contribution in [2.24, 2.45) is 0 Å². The van der Waals surface area contributed by atoms with Crippen LogP contribution in [0.1, 0.15) is 39.5 Å². The molecule has 1 aromatic heterocycles. The number of fused-ring (bicyclic) bond motifs is 1. The maximum atomic E-state index is 4.57. The molecule has 1 aromatic carbocycles. The molecule has 0 aliphatic heterocycles. The first-order valence-electron chi connectivity index (χ1n) is 6.94. The zero-order valence-corrected chi connectivity index (χ0v) is 13.5. The van der Waals surface area contributed by atoms with E-state index < -0.39 is 0 Å². The minimum absolute atomic E-state index is 0.539. The zero-order valence-electron chi connectivity index (χ0n) is 11.9. The van der Waals surface area contributed by atoms with Crippen LogP contribution >= 0.6 is 23.1 Å². The Labute approximate surface area is 124 Å². The summed E-state index contributed by atoms with van der Waals surface area (Å²) in [5.41, 5.74) is 2.33. The van der Waals surface area contributed by atoms with Crippen LogP contribution in [0.4, 0.5) is 5.69 Å². The first kappa shape index (κ1) is 14.7. The maximum absolute atomic E-state index is 4.57. The molecule has 2 rings (SSSR count). The van der Waals surface area contributed by atoms with Crippen molar-refractivity contribution >= 4 is 39.0 Å². The van der Waals surface area contributed by atoms with Crippen molar-refractivity contribution in [1.29, 1.82) is 0 Å². The van der Waals surface area contributed by atoms with Crippen molar-refractivity contribution in [1.82, 2.24) is 4.98 Å². The topological polar surface area (TPSA) is 24.9 Å². The second-order valence-corrected chi connectivity index (χ2v) is 6.99. The quantitative estimate of drug-likeness (QED) is 0.547. The second-order valence-electron chi connectivity index (χ2n) is 4.91. The van der Waals surface area contributed by atoms with E-state index in [4.69, 9.17) is 0 Å². The van der Waals surface area contributed by atoms with Crippen LogP contribution in [0.2, 0.25) is 0 Å². The summed E-state index contributed by atoms with van der Waals surface area (Å²) < 4.78 is 2.42. The zero-order chi connectivity index (χ0) is 13.7. The molecule has 0 aliphatic carbocycles. The van der Waals surface area contributed by atoms with Crippen molar-refractivity contribution < 1.29 is 0 Å². The smallest absolute Gasteiger partial charge is 0.150 e. The summed E-state index contributed by atoms with van der Waals surface area (Å²) in [7, 11) is 0. The SMILES string of the molecule is CCCCCC(C)Nc1ccc2nc(SC)sc2c1. The number of rotatable bonds is 7. The molecule has 0 saturated heterocycles. The van der Waals surface area contributed by atoms with Crippen LogP contribution in [0.15, 0.2) is 22.5 Å². The normalized spacial score (nSPS) is 12.8. The van der Waals surface area contributed by atoms with Gasteiger partial charge < -0.3 is 5.32 Å². The lowest BCUT2D eigenvalue weighted by Gasteiger charge is -2.14. The third kappa shape index (κ3) is 4.11. The minimum atomic E-state index is 0.539. The molecule has 1 unspecified atom stereocenters. The van der Waals surface area contributed by atoms with Crippen molar-refractivity contribution in [2.45, 2.75) is 49.9 Å². The molecule has 0 aliphatic rings. The van der Waals surface area contributed by atoms with E-state index in [1.807, 2.05) is 0 Å². The summed E-state index contributed by atoms with van der Waals surface area (Å²) in [5, 5.41) is 3.59. The van der Waals surface area contributed by atoms with E-state index in [0.29, 0.717) is 6.04 Å². The van der Waals surface area contributed by atoms with Crippen LogP contribution in [-0.2, 0) is 0 Å². The van der Waals surface area contributed by atoms with Crippen LogP contribution in [0.25, 0.3) is 10.2 Å². The molecule has 1 atom stereocenters. The number of hydrogen-bond donors (Lipinski definition) is 1. The number of anilines is 1. The molecule has 0 spiro atoms. The second kappa shape index (κ2) is 7.15. The molecular weight excluding hydrogens is 272 g/mol. The van der Waals surface area contributed by atoms with Gasteiger partial charge in [0.05, 0.1) is 10.2 Å². The number of thiazole rings is 1. The van der Waals surface area contributed by atoms with Gasteiger partial charge in [0.1, 0.15) is 0 Å². The van der Waals surface area contributed by atoms with Crippen LogP contribution in [-0.4, -0.2) is 17.3 Å². The average Bonchev–Trinajstić information content (AvgIpc) is 2.81. The standard InChI is InChI=1S/C15H22N2S2/c1-4-5-6-7-11(2)16-12-8-9-13-14(10-12)19-15(17-13)18-3/h8-11,16H,4-7H2,1-3H3. The number of nitrogens with zero attached hydrogens (tertiary/aromatic N) is 1. The van der Waals surface area contributed by atoms with Crippen LogP contribution in [0, 0.1) is 0 Å². The Balaban J connectivity index is 2.00. The lowest BCUT2D eigenvalue weighted by Crippen LogP contribution is -2.14. The van der Waals surface area contributed by atoms with Gasteiger partial charge in [-0.15, -0.1) is 11.3 Å². The van der Waals surface area contributed by atoms with Gasteiger partial charge in [-0.25, -0.2) is 4.98 Å². The van der Waals surface area contributed by atoms with E-state index in [0.717, 1.165) is 9.86 Å². The van der Waals surface area contributed by atoms with Gasteiger partial charge in [-0.05, 0) is 37.8 Å². The highest BCUT2D eigenvalue weighted by Gasteiger charge is 2.06. The number of thioether (sulfide) groups is 1. The summed E-state index contributed by atoms with van der Waals surface area (Å²) in [4.78, 5) is 4.57. The summed E-state index contributed by atoms with van der Waals surface area (Å²) in [6.07, 6.45) is 7.25. The van der Waals surface area contributed by atoms with Crippen molar-refractivity contribution in [3.05, 3.63) is 18.2 Å². The molecule has 0 bridgehead atoms. The van der Waals surface area contributed by atoms with E-state index >= 15 is 0 Å². The fourth-order valence-electron chi connectivity index (χ4n) is 2.14. The number of nitrogens with one attached hydrogen (secondary N) is 1. The van der Waals surface area contributed by atoms with Gasteiger partial charge in [0.25, 0.3) is 0 Å². The molecule has 0 saturated carbocycles. The van der Waals surface area contributed by atoms with Crippen molar-refractivity contribution in [3.63, 3.8) is 0 Å². The van der Waals surface area contributed by atoms with E-state index in [-0.39, 0.29) is 0 Å². The lowest BCUT2D eigenvalue weighted by atomic mass is 10.1. The van der Waals surface area contributed by atoms with E-state index in [1.54, 1.807) is 23.1 Å². The van der Waals surface area contributed by atoms with Gasteiger partial charge in [-0.3, -0.25) is 0 Å². The summed E-state index contributed by atoms with van der Waals surface area (Å²) in [5.74, 6) is 0. The lowest BCUT2D eigenvalue weighted by molar-refractivity contribution is 0.615. The Kier molecular flexibility index (Phi) is 5.52. The molecule has 104 valence electrons. The highest BCUT2D eigenvalue weighted by atomic mass is 32.2. The Morgan fingerprint density at radius 3 is 2.95 bits per heavy atom. The van der Waals surface area contributed by atoms with Gasteiger partial charge >= 0.3 is 0 Å². The van der Waals surface area contributed by atoms with E-state index in [1.165, 1.54) is 36.1 Å². The van der Waals surface area contributed by atoms with Gasteiger partial charge in [0, 0.05) is 11.7 Å². The molecule has 0 radical (unpaired) electrons. The number of aromatic nitrogens is 1. The molecule has 19 heavy (non-hydrogen) atoms. The predicted octanol–water partition coefficient (Wildman–Crippen LogP) is 5.40. The van der Waals surface area contributed by atoms with Crippen LogP contribution in [0.3, 0.4) is 0 Å². The summed E-state index contributed by atoms with van der Waals surface area (Å²) in [6, 6.07) is 7.02. The first-order chi connectivity index (χ1) is 9.22. The molecular formula is C15H22N2S2. The van der Waals surface area contributed by atoms with Crippen molar-refractivity contribution in [3.8, 4) is 0 Å². The van der Waals surface area contributed by atoms with Gasteiger partial charge in [-0.2, -0.15) is 0 Å².